The second-order valence-corrected chi connectivity index (χ2v) is 4.89. The van der Waals surface area contributed by atoms with E-state index in [0.29, 0.717) is 11.0 Å². The number of benzene rings is 1. The van der Waals surface area contributed by atoms with Crippen molar-refractivity contribution in [2.24, 2.45) is 0 Å². The summed E-state index contributed by atoms with van der Waals surface area (Å²) in [5, 5.41) is 1.37. The molecule has 0 saturated heterocycles. The molecule has 0 fully saturated rings. The fourth-order valence-corrected chi connectivity index (χ4v) is 2.58. The summed E-state index contributed by atoms with van der Waals surface area (Å²) in [7, 11) is 0. The van der Waals surface area contributed by atoms with Crippen LogP contribution in [0.25, 0.3) is 0 Å². The predicted octanol–water partition coefficient (Wildman–Crippen LogP) is 3.90. The molecule has 2 rings (SSSR count). The van der Waals surface area contributed by atoms with Crippen LogP contribution in [0.2, 0.25) is 5.15 Å². The zero-order valence-electron chi connectivity index (χ0n) is 9.07. The molecule has 4 heteroatoms. The van der Waals surface area contributed by atoms with Crippen molar-refractivity contribution in [2.45, 2.75) is 23.8 Å². The summed E-state index contributed by atoms with van der Waals surface area (Å²) in [4.78, 5) is 9.57. The minimum atomic E-state index is 0.489. The van der Waals surface area contributed by atoms with Crippen LogP contribution < -0.4 is 0 Å². The van der Waals surface area contributed by atoms with E-state index in [2.05, 4.69) is 29.0 Å². The molecule has 0 saturated carbocycles. The molecule has 2 aromatic rings. The molecule has 0 aliphatic carbocycles. The summed E-state index contributed by atoms with van der Waals surface area (Å²) < 4.78 is 0. The van der Waals surface area contributed by atoms with Crippen molar-refractivity contribution in [3.63, 3.8) is 0 Å². The molecule has 0 aliphatic rings. The van der Waals surface area contributed by atoms with E-state index in [-0.39, 0.29) is 0 Å². The van der Waals surface area contributed by atoms with Gasteiger partial charge in [-0.3, -0.25) is 0 Å². The molecule has 0 atom stereocenters. The fourth-order valence-electron chi connectivity index (χ4n) is 1.34. The number of aromatic nitrogens is 2. The molecular formula is C12H11ClN2S. The van der Waals surface area contributed by atoms with Gasteiger partial charge in [-0.05, 0) is 25.5 Å². The van der Waals surface area contributed by atoms with Crippen LogP contribution in [0, 0.1) is 13.8 Å². The quantitative estimate of drug-likeness (QED) is 0.756. The van der Waals surface area contributed by atoms with Gasteiger partial charge < -0.3 is 0 Å². The molecule has 82 valence electrons. The molecule has 1 aromatic carbocycles. The lowest BCUT2D eigenvalue weighted by atomic mass is 10.2. The SMILES string of the molecule is Cc1nc(Cl)cc(Sc2ccccc2C)n1. The van der Waals surface area contributed by atoms with Gasteiger partial charge in [-0.1, -0.05) is 41.6 Å². The Balaban J connectivity index is 2.30. The smallest absolute Gasteiger partial charge is 0.133 e. The third-order valence-electron chi connectivity index (χ3n) is 2.09. The van der Waals surface area contributed by atoms with Crippen molar-refractivity contribution < 1.29 is 0 Å². The number of nitrogens with zero attached hydrogens (tertiary/aromatic N) is 2. The molecule has 16 heavy (non-hydrogen) atoms. The normalized spacial score (nSPS) is 10.4. The highest BCUT2D eigenvalue weighted by atomic mass is 35.5. The van der Waals surface area contributed by atoms with Crippen LogP contribution in [0.1, 0.15) is 11.4 Å². The second-order valence-electron chi connectivity index (χ2n) is 3.44. The molecule has 0 unspecified atom stereocenters. The molecule has 0 radical (unpaired) electrons. The lowest BCUT2D eigenvalue weighted by Crippen LogP contribution is -1.90. The van der Waals surface area contributed by atoms with Gasteiger partial charge in [0.05, 0.1) is 0 Å². The van der Waals surface area contributed by atoms with Gasteiger partial charge in [0.2, 0.25) is 0 Å². The zero-order valence-corrected chi connectivity index (χ0v) is 10.6. The van der Waals surface area contributed by atoms with E-state index in [9.17, 15) is 0 Å². The molecule has 0 amide bonds. The van der Waals surface area contributed by atoms with E-state index in [4.69, 9.17) is 11.6 Å². The first-order chi connectivity index (χ1) is 7.65. The van der Waals surface area contributed by atoms with Gasteiger partial charge in [0.25, 0.3) is 0 Å². The molecule has 0 spiro atoms. The van der Waals surface area contributed by atoms with Crippen LogP contribution in [0.3, 0.4) is 0 Å². The first-order valence-corrected chi connectivity index (χ1v) is 6.09. The van der Waals surface area contributed by atoms with Gasteiger partial charge in [0.15, 0.2) is 0 Å². The number of hydrogen-bond acceptors (Lipinski definition) is 3. The van der Waals surface area contributed by atoms with Crippen LogP contribution in [-0.4, -0.2) is 9.97 Å². The first kappa shape index (κ1) is 11.4. The highest BCUT2D eigenvalue weighted by molar-refractivity contribution is 7.99. The summed E-state index contributed by atoms with van der Waals surface area (Å²) in [5.41, 5.74) is 1.24. The fraction of sp³-hybridized carbons (Fsp3) is 0.167. The van der Waals surface area contributed by atoms with Gasteiger partial charge in [-0.15, -0.1) is 0 Å². The Morgan fingerprint density at radius 1 is 1.12 bits per heavy atom. The van der Waals surface area contributed by atoms with Crippen LogP contribution >= 0.6 is 23.4 Å². The Morgan fingerprint density at radius 3 is 2.56 bits per heavy atom. The number of halogens is 1. The molecule has 0 N–H and O–H groups in total. The molecule has 0 bridgehead atoms. The Morgan fingerprint density at radius 2 is 1.88 bits per heavy atom. The number of aryl methyl sites for hydroxylation is 2. The van der Waals surface area contributed by atoms with Crippen molar-refractivity contribution in [1.82, 2.24) is 9.97 Å². The standard InChI is InChI=1S/C12H11ClN2S/c1-8-5-3-4-6-10(8)16-12-7-11(13)14-9(2)15-12/h3-7H,1-2H3. The second kappa shape index (κ2) is 4.85. The van der Waals surface area contributed by atoms with E-state index in [1.165, 1.54) is 10.5 Å². The third kappa shape index (κ3) is 2.74. The van der Waals surface area contributed by atoms with E-state index >= 15 is 0 Å². The minimum absolute atomic E-state index is 0.489. The van der Waals surface area contributed by atoms with Crippen molar-refractivity contribution in [3.8, 4) is 0 Å². The lowest BCUT2D eigenvalue weighted by Gasteiger charge is -2.05. The van der Waals surface area contributed by atoms with E-state index in [0.717, 1.165) is 5.03 Å². The van der Waals surface area contributed by atoms with Crippen LogP contribution in [-0.2, 0) is 0 Å². The van der Waals surface area contributed by atoms with E-state index in [1.807, 2.05) is 19.1 Å². The third-order valence-corrected chi connectivity index (χ3v) is 3.38. The summed E-state index contributed by atoms with van der Waals surface area (Å²) in [6.07, 6.45) is 0. The summed E-state index contributed by atoms with van der Waals surface area (Å²) >= 11 is 7.50. The average Bonchev–Trinajstić information content (AvgIpc) is 2.20. The monoisotopic (exact) mass is 250 g/mol. The van der Waals surface area contributed by atoms with Crippen molar-refractivity contribution in [3.05, 3.63) is 46.9 Å². The van der Waals surface area contributed by atoms with E-state index in [1.54, 1.807) is 17.8 Å². The maximum Gasteiger partial charge on any atom is 0.133 e. The molecular weight excluding hydrogens is 240 g/mol. The summed E-state index contributed by atoms with van der Waals surface area (Å²) in [6.45, 7) is 3.92. The minimum Gasteiger partial charge on any atom is -0.226 e. The van der Waals surface area contributed by atoms with Crippen LogP contribution in [0.5, 0.6) is 0 Å². The topological polar surface area (TPSA) is 25.8 Å². The Labute approximate surface area is 104 Å². The van der Waals surface area contributed by atoms with Gasteiger partial charge in [-0.25, -0.2) is 9.97 Å². The molecule has 2 nitrogen and oxygen atoms in total. The number of hydrogen-bond donors (Lipinski definition) is 0. The van der Waals surface area contributed by atoms with Crippen LogP contribution in [0.15, 0.2) is 40.3 Å². The average molecular weight is 251 g/mol. The first-order valence-electron chi connectivity index (χ1n) is 4.90. The molecule has 1 heterocycles. The maximum atomic E-state index is 5.89. The molecule has 1 aromatic heterocycles. The van der Waals surface area contributed by atoms with Crippen LogP contribution in [0.4, 0.5) is 0 Å². The van der Waals surface area contributed by atoms with Gasteiger partial charge in [0.1, 0.15) is 16.0 Å². The predicted molar refractivity (Wildman–Crippen MR) is 67.1 cm³/mol. The molecule has 0 aliphatic heterocycles. The largest absolute Gasteiger partial charge is 0.226 e. The Kier molecular flexibility index (Phi) is 3.46. The van der Waals surface area contributed by atoms with Crippen molar-refractivity contribution in [2.75, 3.05) is 0 Å². The van der Waals surface area contributed by atoms with Crippen molar-refractivity contribution >= 4 is 23.4 Å². The summed E-state index contributed by atoms with van der Waals surface area (Å²) in [5.74, 6) is 0.698. The highest BCUT2D eigenvalue weighted by Crippen LogP contribution is 2.29. The maximum absolute atomic E-state index is 5.89. The summed E-state index contributed by atoms with van der Waals surface area (Å²) in [6, 6.07) is 9.98. The van der Waals surface area contributed by atoms with Crippen molar-refractivity contribution in [1.29, 1.82) is 0 Å². The van der Waals surface area contributed by atoms with Gasteiger partial charge in [-0.2, -0.15) is 0 Å². The number of rotatable bonds is 2. The lowest BCUT2D eigenvalue weighted by molar-refractivity contribution is 0.967. The van der Waals surface area contributed by atoms with Gasteiger partial charge >= 0.3 is 0 Å². The Bertz CT molecular complexity index is 494. The van der Waals surface area contributed by atoms with Gasteiger partial charge in [0, 0.05) is 11.0 Å². The highest BCUT2D eigenvalue weighted by Gasteiger charge is 2.04. The zero-order chi connectivity index (χ0) is 11.5. The van der Waals surface area contributed by atoms with E-state index < -0.39 is 0 Å². The Hall–Kier alpha value is -1.06.